The quantitative estimate of drug-likeness (QED) is 0.786. The number of carbonyl (C=O) groups is 2. The van der Waals surface area contributed by atoms with Gasteiger partial charge < -0.3 is 9.80 Å². The Bertz CT molecular complexity index is 854. The summed E-state index contributed by atoms with van der Waals surface area (Å²) >= 11 is 0. The monoisotopic (exact) mass is 396 g/mol. The Balaban J connectivity index is 1.59. The predicted molar refractivity (Wildman–Crippen MR) is 112 cm³/mol. The van der Waals surface area contributed by atoms with E-state index in [9.17, 15) is 14.0 Å². The van der Waals surface area contributed by atoms with E-state index in [0.717, 1.165) is 12.0 Å². The lowest BCUT2D eigenvalue weighted by atomic mass is 9.86. The van der Waals surface area contributed by atoms with Crippen LogP contribution in [0.15, 0.2) is 48.5 Å². The summed E-state index contributed by atoms with van der Waals surface area (Å²) in [6.45, 7) is 8.76. The molecule has 0 radical (unpaired) electrons. The van der Waals surface area contributed by atoms with Crippen molar-refractivity contribution in [3.05, 3.63) is 71.0 Å². The second-order valence-electron chi connectivity index (χ2n) is 8.66. The molecule has 0 aliphatic carbocycles. The molecule has 0 atom stereocenters. The number of halogens is 1. The largest absolute Gasteiger partial charge is 0.341 e. The van der Waals surface area contributed by atoms with E-state index in [0.29, 0.717) is 31.7 Å². The smallest absolute Gasteiger partial charge is 0.253 e. The van der Waals surface area contributed by atoms with E-state index in [2.05, 4.69) is 20.8 Å². The van der Waals surface area contributed by atoms with Crippen LogP contribution in [0.5, 0.6) is 0 Å². The summed E-state index contributed by atoms with van der Waals surface area (Å²) in [5.41, 5.74) is 2.73. The maximum absolute atomic E-state index is 13.0. The molecule has 1 fully saturated rings. The van der Waals surface area contributed by atoms with E-state index in [1.165, 1.54) is 17.7 Å². The van der Waals surface area contributed by atoms with Crippen molar-refractivity contribution in [3.8, 4) is 0 Å². The average molecular weight is 397 g/mol. The average Bonchev–Trinajstić information content (AvgIpc) is 2.95. The predicted octanol–water partition coefficient (Wildman–Crippen LogP) is 4.04. The minimum atomic E-state index is -0.305. The van der Waals surface area contributed by atoms with Gasteiger partial charge in [-0.15, -0.1) is 0 Å². The highest BCUT2D eigenvalue weighted by molar-refractivity contribution is 5.94. The third-order valence-corrected chi connectivity index (χ3v) is 5.40. The van der Waals surface area contributed by atoms with Gasteiger partial charge in [0.15, 0.2) is 0 Å². The molecule has 154 valence electrons. The Morgan fingerprint density at radius 3 is 2.07 bits per heavy atom. The molecular formula is C24H29FN2O2. The number of benzene rings is 2. The number of hydrogen-bond acceptors (Lipinski definition) is 2. The van der Waals surface area contributed by atoms with Gasteiger partial charge in [0.05, 0.1) is 6.42 Å². The zero-order valence-corrected chi connectivity index (χ0v) is 17.5. The van der Waals surface area contributed by atoms with Crippen LogP contribution < -0.4 is 0 Å². The molecule has 0 saturated carbocycles. The molecule has 4 nitrogen and oxygen atoms in total. The van der Waals surface area contributed by atoms with Gasteiger partial charge in [0.2, 0.25) is 5.91 Å². The van der Waals surface area contributed by atoms with Crippen LogP contribution in [0.25, 0.3) is 0 Å². The minimum absolute atomic E-state index is 0.0123. The molecule has 1 heterocycles. The molecular weight excluding hydrogens is 367 g/mol. The van der Waals surface area contributed by atoms with E-state index in [-0.39, 0.29) is 29.5 Å². The highest BCUT2D eigenvalue weighted by atomic mass is 19.1. The number of amides is 2. The van der Waals surface area contributed by atoms with Crippen LogP contribution in [0, 0.1) is 5.82 Å². The first-order chi connectivity index (χ1) is 13.7. The Labute approximate surface area is 172 Å². The lowest BCUT2D eigenvalue weighted by Crippen LogP contribution is -2.38. The molecule has 5 heteroatoms. The molecule has 0 unspecified atom stereocenters. The molecule has 0 spiro atoms. The maximum atomic E-state index is 13.0. The normalized spacial score (nSPS) is 15.2. The van der Waals surface area contributed by atoms with Crippen molar-refractivity contribution >= 4 is 11.8 Å². The Kier molecular flexibility index (Phi) is 6.36. The molecule has 0 N–H and O–H groups in total. The molecule has 1 aliphatic heterocycles. The second kappa shape index (κ2) is 8.76. The van der Waals surface area contributed by atoms with Gasteiger partial charge in [0.25, 0.3) is 5.91 Å². The molecule has 1 aliphatic rings. The summed E-state index contributed by atoms with van der Waals surface area (Å²) in [4.78, 5) is 29.1. The summed E-state index contributed by atoms with van der Waals surface area (Å²) in [6.07, 6.45) is 1.00. The third kappa shape index (κ3) is 5.43. The lowest BCUT2D eigenvalue weighted by molar-refractivity contribution is -0.130. The van der Waals surface area contributed by atoms with Gasteiger partial charge in [-0.05, 0) is 47.2 Å². The van der Waals surface area contributed by atoms with Gasteiger partial charge in [-0.1, -0.05) is 45.0 Å². The molecule has 3 rings (SSSR count). The lowest BCUT2D eigenvalue weighted by Gasteiger charge is -2.23. The highest BCUT2D eigenvalue weighted by Crippen LogP contribution is 2.22. The van der Waals surface area contributed by atoms with Gasteiger partial charge >= 0.3 is 0 Å². The van der Waals surface area contributed by atoms with Gasteiger partial charge in [-0.2, -0.15) is 0 Å². The van der Waals surface area contributed by atoms with Crippen molar-refractivity contribution in [2.75, 3.05) is 26.2 Å². The Morgan fingerprint density at radius 2 is 1.45 bits per heavy atom. The standard InChI is InChI=1S/C24H29FN2O2/c1-24(2,3)20-9-7-19(8-10-20)23(29)27-14-4-13-26(15-16-27)22(28)17-18-5-11-21(25)12-6-18/h5-12H,4,13-17H2,1-3H3. The Hall–Kier alpha value is -2.69. The first kappa shape index (κ1) is 21.0. The van der Waals surface area contributed by atoms with Gasteiger partial charge in [0, 0.05) is 31.7 Å². The van der Waals surface area contributed by atoms with Crippen molar-refractivity contribution in [2.24, 2.45) is 0 Å². The van der Waals surface area contributed by atoms with Crippen molar-refractivity contribution in [1.29, 1.82) is 0 Å². The van der Waals surface area contributed by atoms with Gasteiger partial charge in [0.1, 0.15) is 5.82 Å². The first-order valence-electron chi connectivity index (χ1n) is 10.2. The van der Waals surface area contributed by atoms with Crippen LogP contribution >= 0.6 is 0 Å². The van der Waals surface area contributed by atoms with E-state index >= 15 is 0 Å². The zero-order chi connectivity index (χ0) is 21.0. The molecule has 0 aromatic heterocycles. The number of hydrogen-bond donors (Lipinski definition) is 0. The van der Waals surface area contributed by atoms with Crippen LogP contribution in [0.4, 0.5) is 4.39 Å². The van der Waals surface area contributed by atoms with Gasteiger partial charge in [-0.25, -0.2) is 4.39 Å². The number of rotatable bonds is 3. The topological polar surface area (TPSA) is 40.6 Å². The summed E-state index contributed by atoms with van der Waals surface area (Å²) < 4.78 is 13.0. The fourth-order valence-corrected chi connectivity index (χ4v) is 3.55. The molecule has 0 bridgehead atoms. The molecule has 2 aromatic carbocycles. The maximum Gasteiger partial charge on any atom is 0.253 e. The SMILES string of the molecule is CC(C)(C)c1ccc(C(=O)N2CCCN(C(=O)Cc3ccc(F)cc3)CC2)cc1. The molecule has 2 aromatic rings. The van der Waals surface area contributed by atoms with E-state index in [4.69, 9.17) is 0 Å². The van der Waals surface area contributed by atoms with E-state index < -0.39 is 0 Å². The zero-order valence-electron chi connectivity index (χ0n) is 17.5. The summed E-state index contributed by atoms with van der Waals surface area (Å²) in [6, 6.07) is 13.8. The van der Waals surface area contributed by atoms with Crippen LogP contribution in [0.2, 0.25) is 0 Å². The van der Waals surface area contributed by atoms with Crippen molar-refractivity contribution in [1.82, 2.24) is 9.80 Å². The van der Waals surface area contributed by atoms with Crippen LogP contribution in [0.3, 0.4) is 0 Å². The number of carbonyl (C=O) groups excluding carboxylic acids is 2. The van der Waals surface area contributed by atoms with E-state index in [1.807, 2.05) is 29.2 Å². The van der Waals surface area contributed by atoms with Crippen LogP contribution in [-0.4, -0.2) is 47.8 Å². The molecule has 2 amide bonds. The van der Waals surface area contributed by atoms with Gasteiger partial charge in [-0.3, -0.25) is 9.59 Å². The summed E-state index contributed by atoms with van der Waals surface area (Å²) in [7, 11) is 0. The fraction of sp³-hybridized carbons (Fsp3) is 0.417. The second-order valence-corrected chi connectivity index (χ2v) is 8.66. The first-order valence-corrected chi connectivity index (χ1v) is 10.2. The van der Waals surface area contributed by atoms with Crippen LogP contribution in [0.1, 0.15) is 48.7 Å². The summed E-state index contributed by atoms with van der Waals surface area (Å²) in [5, 5.41) is 0. The van der Waals surface area contributed by atoms with Crippen molar-refractivity contribution in [2.45, 2.75) is 39.0 Å². The minimum Gasteiger partial charge on any atom is -0.341 e. The van der Waals surface area contributed by atoms with E-state index in [1.54, 1.807) is 17.0 Å². The van der Waals surface area contributed by atoms with Crippen molar-refractivity contribution in [3.63, 3.8) is 0 Å². The molecule has 1 saturated heterocycles. The van der Waals surface area contributed by atoms with Crippen molar-refractivity contribution < 1.29 is 14.0 Å². The van der Waals surface area contributed by atoms with Crippen LogP contribution in [-0.2, 0) is 16.6 Å². The summed E-state index contributed by atoms with van der Waals surface area (Å²) in [5.74, 6) is -0.278. The molecule has 29 heavy (non-hydrogen) atoms. The Morgan fingerprint density at radius 1 is 0.862 bits per heavy atom. The fourth-order valence-electron chi connectivity index (χ4n) is 3.55. The third-order valence-electron chi connectivity index (χ3n) is 5.40. The highest BCUT2D eigenvalue weighted by Gasteiger charge is 2.23. The number of nitrogens with zero attached hydrogens (tertiary/aromatic N) is 2.